The number of ether oxygens (including phenoxy) is 1. The molecule has 1 aliphatic rings. The summed E-state index contributed by atoms with van der Waals surface area (Å²) in [5, 5.41) is 0. The average Bonchev–Trinajstić information content (AvgIpc) is 2.41. The Morgan fingerprint density at radius 2 is 2.05 bits per heavy atom. The Bertz CT molecular complexity index is 573. The van der Waals surface area contributed by atoms with Crippen LogP contribution in [0.15, 0.2) is 24.3 Å². The first-order valence-corrected chi connectivity index (χ1v) is 8.65. The van der Waals surface area contributed by atoms with Gasteiger partial charge in [0.25, 0.3) is 0 Å². The second-order valence-electron chi connectivity index (χ2n) is 4.73. The fourth-order valence-corrected chi connectivity index (χ4v) is 3.41. The molecule has 0 aliphatic carbocycles. The Morgan fingerprint density at radius 3 is 2.70 bits per heavy atom. The van der Waals surface area contributed by atoms with E-state index in [0.717, 1.165) is 11.3 Å². The van der Waals surface area contributed by atoms with E-state index >= 15 is 0 Å². The number of rotatable bonds is 5. The lowest BCUT2D eigenvalue weighted by atomic mass is 10.2. The Hall–Kier alpha value is -1.18. The highest BCUT2D eigenvalue weighted by atomic mass is 32.2. The van der Waals surface area contributed by atoms with Gasteiger partial charge in [-0.25, -0.2) is 8.42 Å². The van der Waals surface area contributed by atoms with Crippen LogP contribution in [0.4, 0.5) is 0 Å². The number of thiocarbonyl (C=S) groups is 1. The van der Waals surface area contributed by atoms with Crippen LogP contribution in [-0.2, 0) is 9.84 Å². The molecule has 2 N–H and O–H groups in total. The maximum atomic E-state index is 11.3. The summed E-state index contributed by atoms with van der Waals surface area (Å²) in [6.45, 7) is 2.39. The van der Waals surface area contributed by atoms with Gasteiger partial charge >= 0.3 is 0 Å². The molecule has 1 heterocycles. The number of nitrogens with zero attached hydrogens (tertiary/aromatic N) is 1. The fraction of sp³-hybridized carbons (Fsp3) is 0.462. The lowest BCUT2D eigenvalue weighted by Gasteiger charge is -2.26. The van der Waals surface area contributed by atoms with Crippen molar-refractivity contribution in [1.82, 2.24) is 4.90 Å². The van der Waals surface area contributed by atoms with Gasteiger partial charge < -0.3 is 10.5 Å². The van der Waals surface area contributed by atoms with Gasteiger partial charge in [0, 0.05) is 25.2 Å². The van der Waals surface area contributed by atoms with Crippen LogP contribution in [0.5, 0.6) is 5.75 Å². The molecule has 2 rings (SSSR count). The summed E-state index contributed by atoms with van der Waals surface area (Å²) < 4.78 is 28.3. The molecular weight excluding hydrogens is 296 g/mol. The SMILES string of the molecule is NC(=S)c1cccc(OCCN2CCS(=O)(=O)CC2)c1. The van der Waals surface area contributed by atoms with E-state index < -0.39 is 9.84 Å². The van der Waals surface area contributed by atoms with Gasteiger partial charge in [-0.1, -0.05) is 24.4 Å². The molecule has 0 bridgehead atoms. The van der Waals surface area contributed by atoms with Gasteiger partial charge in [-0.2, -0.15) is 0 Å². The summed E-state index contributed by atoms with van der Waals surface area (Å²) in [5.74, 6) is 1.20. The Balaban J connectivity index is 1.79. The molecule has 20 heavy (non-hydrogen) atoms. The van der Waals surface area contributed by atoms with Crippen LogP contribution in [0.25, 0.3) is 0 Å². The Labute approximate surface area is 124 Å². The first-order valence-electron chi connectivity index (χ1n) is 6.42. The number of hydrogen-bond donors (Lipinski definition) is 1. The molecular formula is C13H18N2O3S2. The topological polar surface area (TPSA) is 72.6 Å². The lowest BCUT2D eigenvalue weighted by Crippen LogP contribution is -2.42. The third-order valence-electron chi connectivity index (χ3n) is 3.23. The molecule has 7 heteroatoms. The number of hydrogen-bond acceptors (Lipinski definition) is 5. The smallest absolute Gasteiger partial charge is 0.152 e. The van der Waals surface area contributed by atoms with Crippen LogP contribution in [0.3, 0.4) is 0 Å². The van der Waals surface area contributed by atoms with E-state index in [-0.39, 0.29) is 11.5 Å². The minimum absolute atomic E-state index is 0.240. The van der Waals surface area contributed by atoms with Crippen molar-refractivity contribution in [2.24, 2.45) is 5.73 Å². The molecule has 0 saturated carbocycles. The molecule has 1 aromatic rings. The fourth-order valence-electron chi connectivity index (χ4n) is 2.01. The van der Waals surface area contributed by atoms with Gasteiger partial charge in [0.1, 0.15) is 17.3 Å². The molecule has 0 aromatic heterocycles. The molecule has 0 spiro atoms. The van der Waals surface area contributed by atoms with Gasteiger partial charge in [0.2, 0.25) is 0 Å². The predicted molar refractivity (Wildman–Crippen MR) is 82.9 cm³/mol. The van der Waals surface area contributed by atoms with Crippen molar-refractivity contribution in [2.45, 2.75) is 0 Å². The summed E-state index contributed by atoms with van der Waals surface area (Å²) in [4.78, 5) is 2.44. The zero-order valence-electron chi connectivity index (χ0n) is 11.1. The zero-order chi connectivity index (χ0) is 14.6. The van der Waals surface area contributed by atoms with Crippen LogP contribution < -0.4 is 10.5 Å². The minimum atomic E-state index is -2.82. The van der Waals surface area contributed by atoms with E-state index in [1.54, 1.807) is 0 Å². The number of sulfone groups is 1. The van der Waals surface area contributed by atoms with Crippen molar-refractivity contribution >= 4 is 27.0 Å². The highest BCUT2D eigenvalue weighted by Gasteiger charge is 2.21. The molecule has 5 nitrogen and oxygen atoms in total. The van der Waals surface area contributed by atoms with Crippen molar-refractivity contribution in [1.29, 1.82) is 0 Å². The maximum absolute atomic E-state index is 11.3. The third kappa shape index (κ3) is 4.43. The first-order chi connectivity index (χ1) is 9.46. The molecule has 0 atom stereocenters. The molecule has 1 aliphatic heterocycles. The van der Waals surface area contributed by atoms with Gasteiger partial charge in [-0.05, 0) is 12.1 Å². The first kappa shape index (κ1) is 15.2. The largest absolute Gasteiger partial charge is 0.492 e. The van der Waals surface area contributed by atoms with E-state index in [1.165, 1.54) is 0 Å². The van der Waals surface area contributed by atoms with Crippen LogP contribution >= 0.6 is 12.2 Å². The van der Waals surface area contributed by atoms with Crippen LogP contribution in [0, 0.1) is 0 Å². The summed E-state index contributed by atoms with van der Waals surface area (Å²) in [7, 11) is -2.82. The van der Waals surface area contributed by atoms with Gasteiger partial charge in [0.15, 0.2) is 9.84 Å². The number of nitrogens with two attached hydrogens (primary N) is 1. The summed E-state index contributed by atoms with van der Waals surface area (Å²) in [6.07, 6.45) is 0. The van der Waals surface area contributed by atoms with Crippen LogP contribution in [-0.4, -0.2) is 56.1 Å². The normalized spacial score (nSPS) is 18.6. The molecule has 0 unspecified atom stereocenters. The zero-order valence-corrected chi connectivity index (χ0v) is 12.8. The molecule has 1 aromatic carbocycles. The van der Waals surface area contributed by atoms with Gasteiger partial charge in [-0.15, -0.1) is 0 Å². The van der Waals surface area contributed by atoms with Crippen molar-refractivity contribution < 1.29 is 13.2 Å². The molecule has 0 amide bonds. The quantitative estimate of drug-likeness (QED) is 0.795. The summed E-state index contributed by atoms with van der Waals surface area (Å²) in [5.41, 5.74) is 6.34. The molecule has 110 valence electrons. The van der Waals surface area contributed by atoms with Crippen molar-refractivity contribution in [3.63, 3.8) is 0 Å². The highest BCUT2D eigenvalue weighted by Crippen LogP contribution is 2.13. The molecule has 1 fully saturated rings. The average molecular weight is 314 g/mol. The lowest BCUT2D eigenvalue weighted by molar-refractivity contribution is 0.219. The Morgan fingerprint density at radius 1 is 1.35 bits per heavy atom. The van der Waals surface area contributed by atoms with Crippen molar-refractivity contribution in [3.8, 4) is 5.75 Å². The maximum Gasteiger partial charge on any atom is 0.152 e. The van der Waals surface area contributed by atoms with E-state index in [9.17, 15) is 8.42 Å². The van der Waals surface area contributed by atoms with Crippen LogP contribution in [0.1, 0.15) is 5.56 Å². The highest BCUT2D eigenvalue weighted by molar-refractivity contribution is 7.91. The van der Waals surface area contributed by atoms with Crippen LogP contribution in [0.2, 0.25) is 0 Å². The molecule has 1 saturated heterocycles. The summed E-state index contributed by atoms with van der Waals surface area (Å²) in [6, 6.07) is 7.34. The number of benzene rings is 1. The standard InChI is InChI=1S/C13H18N2O3S2/c14-13(19)11-2-1-3-12(10-11)18-7-4-15-5-8-20(16,17)9-6-15/h1-3,10H,4-9H2,(H2,14,19). The van der Waals surface area contributed by atoms with E-state index in [0.29, 0.717) is 31.2 Å². The van der Waals surface area contributed by atoms with E-state index in [2.05, 4.69) is 4.90 Å². The van der Waals surface area contributed by atoms with Gasteiger partial charge in [0.05, 0.1) is 11.5 Å². The second-order valence-corrected chi connectivity index (χ2v) is 7.48. The second kappa shape index (κ2) is 6.51. The van der Waals surface area contributed by atoms with Crippen molar-refractivity contribution in [3.05, 3.63) is 29.8 Å². The van der Waals surface area contributed by atoms with E-state index in [4.69, 9.17) is 22.7 Å². The minimum Gasteiger partial charge on any atom is -0.492 e. The monoisotopic (exact) mass is 314 g/mol. The molecule has 0 radical (unpaired) electrons. The summed E-state index contributed by atoms with van der Waals surface area (Å²) >= 11 is 4.92. The van der Waals surface area contributed by atoms with E-state index in [1.807, 2.05) is 24.3 Å². The predicted octanol–water partition coefficient (Wildman–Crippen LogP) is 0.430. The van der Waals surface area contributed by atoms with Crippen molar-refractivity contribution in [2.75, 3.05) is 37.7 Å². The Kier molecular flexibility index (Phi) is 4.95. The third-order valence-corrected chi connectivity index (χ3v) is 5.08. The van der Waals surface area contributed by atoms with Gasteiger partial charge in [-0.3, -0.25) is 4.90 Å².